The van der Waals surface area contributed by atoms with Crippen molar-refractivity contribution >= 4 is 41.8 Å². The average molecular weight is 576 g/mol. The molecule has 3 amide bonds. The smallest absolute Gasteiger partial charge is 0.408 e. The first kappa shape index (κ1) is 36.1. The van der Waals surface area contributed by atoms with Gasteiger partial charge in [0.1, 0.15) is 23.7 Å². The first-order valence-corrected chi connectivity index (χ1v) is 12.9. The number of ether oxygens (including phenoxy) is 5. The Morgan fingerprint density at radius 3 is 1.40 bits per heavy atom. The second-order valence-electron chi connectivity index (χ2n) is 9.11. The van der Waals surface area contributed by atoms with Gasteiger partial charge in [-0.2, -0.15) is 0 Å². The number of alkyl carbamates (subject to hydrolysis) is 1. The minimum absolute atomic E-state index is 0.0265. The summed E-state index contributed by atoms with van der Waals surface area (Å²) in [6, 6.07) is -4.57. The topological polar surface area (TPSA) is 202 Å². The van der Waals surface area contributed by atoms with Crippen LogP contribution in [0.2, 0.25) is 0 Å². The molecule has 0 aromatic heterocycles. The van der Waals surface area contributed by atoms with E-state index in [1.54, 1.807) is 34.6 Å². The third-order valence-electron chi connectivity index (χ3n) is 4.54. The maximum Gasteiger partial charge on any atom is 0.408 e. The van der Waals surface area contributed by atoms with Crippen LogP contribution in [0.15, 0.2) is 0 Å². The lowest BCUT2D eigenvalue weighted by Crippen LogP contribution is -2.55. The summed E-state index contributed by atoms with van der Waals surface area (Å²) in [6.07, 6.45) is -2.93. The number of hydrogen-bond acceptors (Lipinski definition) is 12. The van der Waals surface area contributed by atoms with Crippen LogP contribution in [0, 0.1) is 0 Å². The van der Waals surface area contributed by atoms with Crippen molar-refractivity contribution in [2.24, 2.45) is 0 Å². The number of carbonyl (C=O) groups is 7. The molecule has 15 heteroatoms. The Balaban J connectivity index is 5.91. The van der Waals surface area contributed by atoms with E-state index < -0.39 is 84.8 Å². The third-order valence-corrected chi connectivity index (χ3v) is 4.54. The first-order valence-electron chi connectivity index (χ1n) is 12.9. The predicted molar refractivity (Wildman–Crippen MR) is 137 cm³/mol. The molecule has 0 saturated heterocycles. The van der Waals surface area contributed by atoms with Gasteiger partial charge in [-0.15, -0.1) is 0 Å². The molecule has 3 atom stereocenters. The average Bonchev–Trinajstić information content (AvgIpc) is 2.82. The highest BCUT2D eigenvalue weighted by atomic mass is 16.6. The molecule has 3 N–H and O–H groups in total. The number of amides is 3. The molecule has 0 heterocycles. The lowest BCUT2D eigenvalue weighted by molar-refractivity contribution is -0.153. The summed E-state index contributed by atoms with van der Waals surface area (Å²) in [4.78, 5) is 87.0. The molecule has 0 aromatic rings. The summed E-state index contributed by atoms with van der Waals surface area (Å²) in [5.74, 6) is -5.41. The molecular weight excluding hydrogens is 534 g/mol. The third kappa shape index (κ3) is 15.5. The minimum Gasteiger partial charge on any atom is -0.466 e. The van der Waals surface area contributed by atoms with Crippen molar-refractivity contribution in [3.8, 4) is 0 Å². The van der Waals surface area contributed by atoms with E-state index >= 15 is 0 Å². The van der Waals surface area contributed by atoms with E-state index in [0.29, 0.717) is 0 Å². The molecule has 0 fully saturated rings. The largest absolute Gasteiger partial charge is 0.466 e. The maximum absolute atomic E-state index is 13.1. The zero-order valence-electron chi connectivity index (χ0n) is 24.1. The molecule has 0 aromatic carbocycles. The zero-order valence-corrected chi connectivity index (χ0v) is 24.1. The second kappa shape index (κ2) is 18.4. The molecule has 0 aliphatic heterocycles. The molecule has 0 aliphatic rings. The summed E-state index contributed by atoms with van der Waals surface area (Å²) >= 11 is 0. The molecule has 0 aliphatic carbocycles. The Morgan fingerprint density at radius 2 is 1.00 bits per heavy atom. The summed E-state index contributed by atoms with van der Waals surface area (Å²) in [6.45, 7) is 10.9. The molecule has 0 rings (SSSR count). The Labute approximate surface area is 233 Å². The van der Waals surface area contributed by atoms with Gasteiger partial charge in [-0.05, 0) is 48.5 Å². The van der Waals surface area contributed by atoms with Gasteiger partial charge in [0.05, 0.1) is 45.7 Å². The van der Waals surface area contributed by atoms with Gasteiger partial charge >= 0.3 is 30.0 Å². The van der Waals surface area contributed by atoms with E-state index in [1.807, 2.05) is 0 Å². The lowest BCUT2D eigenvalue weighted by atomic mass is 10.1. The number of rotatable bonds is 16. The summed E-state index contributed by atoms with van der Waals surface area (Å²) in [7, 11) is 0. The van der Waals surface area contributed by atoms with Crippen LogP contribution < -0.4 is 16.0 Å². The summed E-state index contributed by atoms with van der Waals surface area (Å²) in [5.41, 5.74) is -0.959. The van der Waals surface area contributed by atoms with Crippen LogP contribution in [0.4, 0.5) is 4.79 Å². The molecule has 0 spiro atoms. The van der Waals surface area contributed by atoms with Gasteiger partial charge in [-0.3, -0.25) is 19.2 Å². The van der Waals surface area contributed by atoms with Gasteiger partial charge in [0, 0.05) is 0 Å². The van der Waals surface area contributed by atoms with Crippen LogP contribution in [-0.2, 0) is 52.5 Å². The van der Waals surface area contributed by atoms with E-state index in [1.165, 1.54) is 13.8 Å². The van der Waals surface area contributed by atoms with Crippen LogP contribution in [-0.4, -0.2) is 91.9 Å². The Kier molecular flexibility index (Phi) is 16.6. The van der Waals surface area contributed by atoms with Crippen LogP contribution in [0.25, 0.3) is 0 Å². The van der Waals surface area contributed by atoms with Gasteiger partial charge in [-0.1, -0.05) is 0 Å². The minimum atomic E-state index is -1.64. The van der Waals surface area contributed by atoms with Gasteiger partial charge < -0.3 is 39.6 Å². The highest BCUT2D eigenvalue weighted by Gasteiger charge is 2.33. The number of nitrogens with one attached hydrogen (secondary N) is 3. The van der Waals surface area contributed by atoms with Crippen molar-refractivity contribution in [2.45, 2.75) is 91.5 Å². The van der Waals surface area contributed by atoms with E-state index in [9.17, 15) is 33.6 Å². The summed E-state index contributed by atoms with van der Waals surface area (Å²) in [5, 5.41) is 6.81. The van der Waals surface area contributed by atoms with E-state index in [-0.39, 0.29) is 26.4 Å². The molecule has 15 nitrogen and oxygen atoms in total. The van der Waals surface area contributed by atoms with E-state index in [2.05, 4.69) is 16.0 Å². The first-order chi connectivity index (χ1) is 18.7. The Hall–Kier alpha value is -3.91. The van der Waals surface area contributed by atoms with E-state index in [0.717, 1.165) is 0 Å². The molecule has 228 valence electrons. The second-order valence-corrected chi connectivity index (χ2v) is 9.11. The quantitative estimate of drug-likeness (QED) is 0.168. The van der Waals surface area contributed by atoms with Gasteiger partial charge in [0.25, 0.3) is 0 Å². The normalized spacial score (nSPS) is 13.0. The number of carbonyl (C=O) groups excluding carboxylic acids is 7. The molecular formula is C25H41N3O12. The molecule has 40 heavy (non-hydrogen) atoms. The van der Waals surface area contributed by atoms with Crippen molar-refractivity contribution in [3.63, 3.8) is 0 Å². The monoisotopic (exact) mass is 575 g/mol. The maximum atomic E-state index is 13.1. The Bertz CT molecular complexity index is 900. The van der Waals surface area contributed by atoms with Crippen molar-refractivity contribution in [1.29, 1.82) is 0 Å². The number of esters is 4. The molecule has 0 radical (unpaired) electrons. The fraction of sp³-hybridized carbons (Fsp3) is 0.720. The van der Waals surface area contributed by atoms with Gasteiger partial charge in [-0.25, -0.2) is 14.4 Å². The van der Waals surface area contributed by atoms with Crippen LogP contribution in [0.5, 0.6) is 0 Å². The van der Waals surface area contributed by atoms with Crippen LogP contribution >= 0.6 is 0 Å². The van der Waals surface area contributed by atoms with Gasteiger partial charge in [0.15, 0.2) is 0 Å². The highest BCUT2D eigenvalue weighted by Crippen LogP contribution is 2.09. The fourth-order valence-electron chi connectivity index (χ4n) is 3.02. The summed E-state index contributed by atoms with van der Waals surface area (Å²) < 4.78 is 24.6. The van der Waals surface area contributed by atoms with E-state index in [4.69, 9.17) is 23.7 Å². The SMILES string of the molecule is CCOC(=O)C[C@H](NC(=O)C[C@H](NC(=O)OC(C)(C)C)C(=O)N[C@@H](CC(=O)OCC)C(=O)OCC)C(=O)OCC. The zero-order chi connectivity index (χ0) is 30.9. The Morgan fingerprint density at radius 1 is 0.575 bits per heavy atom. The predicted octanol–water partition coefficient (Wildman–Crippen LogP) is 0.272. The fourth-order valence-corrected chi connectivity index (χ4v) is 3.02. The van der Waals surface area contributed by atoms with Crippen LogP contribution in [0.3, 0.4) is 0 Å². The molecule has 0 saturated carbocycles. The van der Waals surface area contributed by atoms with Crippen molar-refractivity contribution in [3.05, 3.63) is 0 Å². The number of hydrogen-bond donors (Lipinski definition) is 3. The van der Waals surface area contributed by atoms with Crippen molar-refractivity contribution in [1.82, 2.24) is 16.0 Å². The standard InChI is InChI=1S/C25H41N3O12/c1-8-36-19(30)13-16(22(33)38-10-3)26-18(29)12-15(28-24(35)40-25(5,6)7)21(32)27-17(23(34)39-11-4)14-20(31)37-9-2/h15-17H,8-14H2,1-7H3,(H,26,29)(H,27,32)(H,28,35)/t15-,16-,17-/m0/s1. The van der Waals surface area contributed by atoms with Crippen molar-refractivity contribution < 1.29 is 57.2 Å². The van der Waals surface area contributed by atoms with Crippen LogP contribution in [0.1, 0.15) is 67.7 Å². The van der Waals surface area contributed by atoms with Crippen molar-refractivity contribution in [2.75, 3.05) is 26.4 Å². The molecule has 0 unspecified atom stereocenters. The van der Waals surface area contributed by atoms with Gasteiger partial charge in [0.2, 0.25) is 11.8 Å². The molecule has 0 bridgehead atoms. The lowest BCUT2D eigenvalue weighted by Gasteiger charge is -2.25. The highest BCUT2D eigenvalue weighted by molar-refractivity contribution is 5.95.